The molecule has 3 aliphatic carbocycles. The number of nitrogens with zero attached hydrogens (tertiary/aromatic N) is 1. The van der Waals surface area contributed by atoms with Gasteiger partial charge in [0.25, 0.3) is 0 Å². The first-order valence-electron chi connectivity index (χ1n) is 31.1. The van der Waals surface area contributed by atoms with Gasteiger partial charge in [0.05, 0.1) is 0 Å². The lowest BCUT2D eigenvalue weighted by Gasteiger charge is -2.27. The molecule has 1 nitrogen and oxygen atoms in total. The summed E-state index contributed by atoms with van der Waals surface area (Å²) in [4.78, 5) is 2.46. The molecule has 88 heavy (non-hydrogen) atoms. The van der Waals surface area contributed by atoms with Gasteiger partial charge >= 0.3 is 0 Å². The minimum absolute atomic E-state index is 0.0595. The van der Waals surface area contributed by atoms with E-state index >= 15 is 0 Å². The highest BCUT2D eigenvalue weighted by Gasteiger charge is 2.37. The molecular weight excluding hydrogens is 1060 g/mol. The van der Waals surface area contributed by atoms with Crippen molar-refractivity contribution in [3.05, 3.63) is 408 Å². The minimum atomic E-state index is 0.0595. The molecule has 0 N–H and O–H groups in total. The van der Waals surface area contributed by atoms with Crippen molar-refractivity contribution in [1.82, 2.24) is 0 Å². The van der Waals surface area contributed by atoms with Crippen molar-refractivity contribution >= 4 is 50.5 Å². The fourth-order valence-corrected chi connectivity index (χ4v) is 14.4. The number of hydrogen-bond acceptors (Lipinski definition) is 1. The van der Waals surface area contributed by atoms with Gasteiger partial charge in [-0.05, 0) is 195 Å². The molecule has 0 radical (unpaired) electrons. The van der Waals surface area contributed by atoms with E-state index in [-0.39, 0.29) is 17.8 Å². The average molecular weight is 1130 g/mol. The van der Waals surface area contributed by atoms with Crippen molar-refractivity contribution in [3.63, 3.8) is 0 Å². The maximum absolute atomic E-state index is 2.46. The number of benzene rings is 12. The van der Waals surface area contributed by atoms with E-state index < -0.39 is 0 Å². The second-order valence-corrected chi connectivity index (χ2v) is 24.7. The van der Waals surface area contributed by atoms with E-state index in [1.807, 2.05) is 0 Å². The van der Waals surface area contributed by atoms with Gasteiger partial charge in [0.1, 0.15) is 0 Å². The predicted octanol–water partition coefficient (Wildman–Crippen LogP) is 22.3. The Bertz CT molecular complexity index is 4200. The molecule has 0 amide bonds. The third kappa shape index (κ3) is 9.69. The molecule has 0 fully saturated rings. The maximum atomic E-state index is 2.46. The highest BCUT2D eigenvalue weighted by Crippen LogP contribution is 2.56. The third-order valence-electron chi connectivity index (χ3n) is 18.9. The second kappa shape index (κ2) is 22.5. The van der Waals surface area contributed by atoms with E-state index in [0.717, 1.165) is 17.1 Å². The summed E-state index contributed by atoms with van der Waals surface area (Å²) in [5, 5.41) is 0. The summed E-state index contributed by atoms with van der Waals surface area (Å²) in [6.07, 6.45) is 0. The first-order chi connectivity index (χ1) is 43.1. The van der Waals surface area contributed by atoms with Crippen LogP contribution in [-0.2, 0) is 0 Å². The fraction of sp³-hybridized carbons (Fsp3) is 0.103. The smallest absolute Gasteiger partial charge is 0.0462 e. The van der Waals surface area contributed by atoms with Gasteiger partial charge in [-0.2, -0.15) is 0 Å². The molecule has 15 rings (SSSR count). The SMILES string of the molecule is Cc1ccc(C2=C(c3ccc(N(c4ccc(C5=C(c6ccc(C)cc6)c6ccccc6C5c5ccc(C)cc5)cc4)c4ccc(C5=C(c6ccc(C)cc6)c6ccccc6C5c5ccc(C)cc5)cc4)cc3)C(c3ccc(C)cc3)c3ccccc32)cc1. The molecule has 0 saturated heterocycles. The molecule has 12 aromatic carbocycles. The lowest BCUT2D eigenvalue weighted by molar-refractivity contribution is 1.06. The summed E-state index contributed by atoms with van der Waals surface area (Å²) in [6, 6.07) is 110. The number of hydrogen-bond donors (Lipinski definition) is 0. The van der Waals surface area contributed by atoms with Gasteiger partial charge in [0.15, 0.2) is 0 Å². The van der Waals surface area contributed by atoms with Crippen LogP contribution in [0.4, 0.5) is 17.1 Å². The Kier molecular flexibility index (Phi) is 13.9. The van der Waals surface area contributed by atoms with Crippen molar-refractivity contribution in [2.24, 2.45) is 0 Å². The summed E-state index contributed by atoms with van der Waals surface area (Å²) >= 11 is 0. The van der Waals surface area contributed by atoms with Crippen LogP contribution in [0.3, 0.4) is 0 Å². The zero-order chi connectivity index (χ0) is 59.6. The van der Waals surface area contributed by atoms with Crippen LogP contribution in [0.25, 0.3) is 33.4 Å². The van der Waals surface area contributed by atoms with Crippen LogP contribution < -0.4 is 4.90 Å². The van der Waals surface area contributed by atoms with Crippen molar-refractivity contribution in [3.8, 4) is 0 Å². The predicted molar refractivity (Wildman–Crippen MR) is 371 cm³/mol. The standard InChI is InChI=1S/C87H69N/c1-55-19-31-61(32-20-55)79-73-13-7-8-14-74(73)80(62-33-21-56(2)22-34-62)85(79)67-43-49-70(50-44-67)88(71-51-45-68(46-52-71)86-81(63-35-23-57(3)24-36-63)75-15-9-10-16-76(75)82(86)64-37-25-58(4)26-38-64)72-53-47-69(48-54-72)87-83(65-39-27-59(5)28-40-65)77-17-11-12-18-78(77)84(87)66-41-29-60(6)30-42-66/h7-54,79,81,83H,1-6H3. The Morgan fingerprint density at radius 3 is 0.648 bits per heavy atom. The molecular formula is C87H69N. The molecule has 0 spiro atoms. The van der Waals surface area contributed by atoms with Crippen molar-refractivity contribution in [2.45, 2.75) is 59.3 Å². The first kappa shape index (κ1) is 54.3. The topological polar surface area (TPSA) is 3.24 Å². The molecule has 3 unspecified atom stereocenters. The minimum Gasteiger partial charge on any atom is -0.311 e. The van der Waals surface area contributed by atoms with Gasteiger partial charge in [-0.3, -0.25) is 0 Å². The van der Waals surface area contributed by atoms with Gasteiger partial charge in [0, 0.05) is 34.8 Å². The van der Waals surface area contributed by atoms with Crippen molar-refractivity contribution in [2.75, 3.05) is 4.90 Å². The van der Waals surface area contributed by atoms with Crippen LogP contribution in [0.2, 0.25) is 0 Å². The molecule has 1 heteroatoms. The van der Waals surface area contributed by atoms with Crippen LogP contribution in [0.15, 0.2) is 291 Å². The molecule has 12 aromatic rings. The highest BCUT2D eigenvalue weighted by molar-refractivity contribution is 6.10. The number of fused-ring (bicyclic) bond motifs is 3. The number of aryl methyl sites for hydroxylation is 6. The van der Waals surface area contributed by atoms with Gasteiger partial charge in [-0.25, -0.2) is 0 Å². The highest BCUT2D eigenvalue weighted by atomic mass is 15.1. The summed E-state index contributed by atoms with van der Waals surface area (Å²) < 4.78 is 0. The van der Waals surface area contributed by atoms with E-state index in [2.05, 4.69) is 338 Å². The number of anilines is 3. The van der Waals surface area contributed by atoms with E-state index in [1.54, 1.807) is 0 Å². The molecule has 0 bridgehead atoms. The van der Waals surface area contributed by atoms with Crippen LogP contribution in [0, 0.1) is 41.5 Å². The van der Waals surface area contributed by atoms with E-state index in [4.69, 9.17) is 0 Å². The average Bonchev–Trinajstić information content (AvgIpc) is 1.65. The lowest BCUT2D eigenvalue weighted by atomic mass is 9.84. The van der Waals surface area contributed by atoms with Crippen LogP contribution in [0.1, 0.15) is 135 Å². The van der Waals surface area contributed by atoms with Gasteiger partial charge in [-0.1, -0.05) is 288 Å². The normalized spacial score (nSPS) is 15.8. The monoisotopic (exact) mass is 1130 g/mol. The molecule has 3 atom stereocenters. The molecule has 0 saturated carbocycles. The van der Waals surface area contributed by atoms with Gasteiger partial charge in [0.2, 0.25) is 0 Å². The molecule has 0 aromatic heterocycles. The molecule has 422 valence electrons. The number of rotatable bonds is 12. The fourth-order valence-electron chi connectivity index (χ4n) is 14.4. The number of allylic oxidation sites excluding steroid dienone is 3. The molecule has 0 heterocycles. The second-order valence-electron chi connectivity index (χ2n) is 24.7. The van der Waals surface area contributed by atoms with Gasteiger partial charge in [-0.15, -0.1) is 0 Å². The maximum Gasteiger partial charge on any atom is 0.0462 e. The molecule has 0 aliphatic heterocycles. The molecule has 3 aliphatic rings. The van der Waals surface area contributed by atoms with Crippen LogP contribution in [-0.4, -0.2) is 0 Å². The van der Waals surface area contributed by atoms with Crippen LogP contribution >= 0.6 is 0 Å². The summed E-state index contributed by atoms with van der Waals surface area (Å²) in [5.41, 5.74) is 37.8. The van der Waals surface area contributed by atoms with E-state index in [0.29, 0.717) is 0 Å². The van der Waals surface area contributed by atoms with E-state index in [1.165, 1.54) is 150 Å². The Hall–Kier alpha value is -10.3. The van der Waals surface area contributed by atoms with Gasteiger partial charge < -0.3 is 4.90 Å². The van der Waals surface area contributed by atoms with E-state index in [9.17, 15) is 0 Å². The zero-order valence-electron chi connectivity index (χ0n) is 50.9. The first-order valence-corrected chi connectivity index (χ1v) is 31.1. The largest absolute Gasteiger partial charge is 0.311 e. The zero-order valence-corrected chi connectivity index (χ0v) is 50.9. The van der Waals surface area contributed by atoms with Crippen LogP contribution in [0.5, 0.6) is 0 Å². The Labute approximate surface area is 519 Å². The third-order valence-corrected chi connectivity index (χ3v) is 18.9. The Morgan fingerprint density at radius 1 is 0.205 bits per heavy atom. The Balaban J connectivity index is 0.903. The Morgan fingerprint density at radius 2 is 0.409 bits per heavy atom. The lowest BCUT2D eigenvalue weighted by Crippen LogP contribution is -2.11. The summed E-state index contributed by atoms with van der Waals surface area (Å²) in [6.45, 7) is 13.1. The summed E-state index contributed by atoms with van der Waals surface area (Å²) in [7, 11) is 0. The van der Waals surface area contributed by atoms with Crippen molar-refractivity contribution < 1.29 is 0 Å². The van der Waals surface area contributed by atoms with Crippen molar-refractivity contribution in [1.29, 1.82) is 0 Å². The quantitative estimate of drug-likeness (QED) is 0.118. The summed E-state index contributed by atoms with van der Waals surface area (Å²) in [5.74, 6) is 0.179.